The van der Waals surface area contributed by atoms with E-state index in [1.54, 1.807) is 6.07 Å². The van der Waals surface area contributed by atoms with Crippen LogP contribution in [0.2, 0.25) is 5.02 Å². The third kappa shape index (κ3) is 3.88. The standard InChI is InChI=1S/C17H17ClO3/c18-14-5-3-12(4-6-14)8-13(7-11-1-2-11)16-9-15(19)10-17(20)21-16/h3-6,9-11,13,19H,1-2,7-8H2. The van der Waals surface area contributed by atoms with Crippen molar-refractivity contribution in [3.8, 4) is 5.75 Å². The van der Waals surface area contributed by atoms with Crippen LogP contribution in [0.15, 0.2) is 45.6 Å². The average molecular weight is 305 g/mol. The Morgan fingerprint density at radius 3 is 2.57 bits per heavy atom. The minimum absolute atomic E-state index is 0.0295. The lowest BCUT2D eigenvalue weighted by Crippen LogP contribution is -2.08. The summed E-state index contributed by atoms with van der Waals surface area (Å²) >= 11 is 5.91. The van der Waals surface area contributed by atoms with Gasteiger partial charge in [0, 0.05) is 17.0 Å². The van der Waals surface area contributed by atoms with E-state index in [1.165, 1.54) is 12.8 Å². The molecule has 21 heavy (non-hydrogen) atoms. The van der Waals surface area contributed by atoms with Crippen molar-refractivity contribution in [1.29, 1.82) is 0 Å². The van der Waals surface area contributed by atoms with Crippen LogP contribution in [-0.4, -0.2) is 5.11 Å². The van der Waals surface area contributed by atoms with Crippen LogP contribution in [-0.2, 0) is 6.42 Å². The van der Waals surface area contributed by atoms with Crippen LogP contribution in [0.25, 0.3) is 0 Å². The highest BCUT2D eigenvalue weighted by atomic mass is 35.5. The van der Waals surface area contributed by atoms with Crippen LogP contribution in [0, 0.1) is 5.92 Å². The Kier molecular flexibility index (Phi) is 4.02. The van der Waals surface area contributed by atoms with Crippen LogP contribution < -0.4 is 5.63 Å². The maximum Gasteiger partial charge on any atom is 0.339 e. The molecule has 0 radical (unpaired) electrons. The highest BCUT2D eigenvalue weighted by Gasteiger charge is 2.28. The largest absolute Gasteiger partial charge is 0.508 e. The predicted octanol–water partition coefficient (Wildman–Crippen LogP) is 4.13. The van der Waals surface area contributed by atoms with Gasteiger partial charge >= 0.3 is 5.63 Å². The minimum Gasteiger partial charge on any atom is -0.508 e. The second-order valence-electron chi connectivity index (χ2n) is 5.74. The molecule has 4 heteroatoms. The molecule has 1 fully saturated rings. The number of hydrogen-bond acceptors (Lipinski definition) is 3. The maximum atomic E-state index is 11.5. The summed E-state index contributed by atoms with van der Waals surface area (Å²) in [5.41, 5.74) is 0.651. The fourth-order valence-corrected chi connectivity index (χ4v) is 2.77. The Hall–Kier alpha value is -1.74. The summed E-state index contributed by atoms with van der Waals surface area (Å²) in [7, 11) is 0. The van der Waals surface area contributed by atoms with Crippen molar-refractivity contribution < 1.29 is 9.52 Å². The van der Waals surface area contributed by atoms with Gasteiger partial charge in [-0.15, -0.1) is 0 Å². The lowest BCUT2D eigenvalue weighted by Gasteiger charge is -2.16. The summed E-state index contributed by atoms with van der Waals surface area (Å²) in [5.74, 6) is 1.36. The normalized spacial score (nSPS) is 15.9. The van der Waals surface area contributed by atoms with Gasteiger partial charge in [0.25, 0.3) is 0 Å². The molecule has 0 aliphatic heterocycles. The first-order valence-electron chi connectivity index (χ1n) is 7.18. The monoisotopic (exact) mass is 304 g/mol. The van der Waals surface area contributed by atoms with E-state index in [9.17, 15) is 9.90 Å². The van der Waals surface area contributed by atoms with Crippen LogP contribution in [0.5, 0.6) is 5.75 Å². The molecule has 1 atom stereocenters. The second kappa shape index (κ2) is 5.94. The molecule has 1 aromatic heterocycles. The molecule has 1 aromatic carbocycles. The van der Waals surface area contributed by atoms with Crippen molar-refractivity contribution in [2.24, 2.45) is 5.92 Å². The van der Waals surface area contributed by atoms with Crippen LogP contribution in [0.4, 0.5) is 0 Å². The van der Waals surface area contributed by atoms with Gasteiger partial charge in [-0.1, -0.05) is 36.6 Å². The van der Waals surface area contributed by atoms with E-state index < -0.39 is 5.63 Å². The summed E-state index contributed by atoms with van der Waals surface area (Å²) in [6.07, 6.45) is 4.23. The third-order valence-electron chi connectivity index (χ3n) is 3.89. The zero-order valence-electron chi connectivity index (χ0n) is 11.6. The van der Waals surface area contributed by atoms with Gasteiger partial charge in [-0.2, -0.15) is 0 Å². The predicted molar refractivity (Wildman–Crippen MR) is 81.9 cm³/mol. The van der Waals surface area contributed by atoms with Crippen LogP contribution >= 0.6 is 11.6 Å². The molecule has 1 heterocycles. The number of halogens is 1. The van der Waals surface area contributed by atoms with Crippen molar-refractivity contribution in [3.05, 3.63) is 63.2 Å². The van der Waals surface area contributed by atoms with Gasteiger partial charge in [-0.05, 0) is 36.5 Å². The first kappa shape index (κ1) is 14.2. The maximum absolute atomic E-state index is 11.5. The molecule has 1 aliphatic rings. The molecule has 0 saturated heterocycles. The highest BCUT2D eigenvalue weighted by molar-refractivity contribution is 6.30. The lowest BCUT2D eigenvalue weighted by atomic mass is 9.91. The zero-order valence-corrected chi connectivity index (χ0v) is 12.3. The van der Waals surface area contributed by atoms with E-state index in [4.69, 9.17) is 16.0 Å². The highest BCUT2D eigenvalue weighted by Crippen LogP contribution is 2.40. The Bertz CT molecular complexity index is 671. The SMILES string of the molecule is O=c1cc(O)cc(C(Cc2ccc(Cl)cc2)CC2CC2)o1. The number of benzene rings is 1. The molecule has 3 nitrogen and oxygen atoms in total. The molecule has 1 saturated carbocycles. The van der Waals surface area contributed by atoms with Crippen molar-refractivity contribution in [3.63, 3.8) is 0 Å². The summed E-state index contributed by atoms with van der Waals surface area (Å²) in [5, 5.41) is 10.3. The van der Waals surface area contributed by atoms with Gasteiger partial charge < -0.3 is 9.52 Å². The Balaban J connectivity index is 1.85. The van der Waals surface area contributed by atoms with Gasteiger partial charge in [-0.3, -0.25) is 0 Å². The summed E-state index contributed by atoms with van der Waals surface area (Å²) < 4.78 is 5.30. The topological polar surface area (TPSA) is 50.4 Å². The van der Waals surface area contributed by atoms with Gasteiger partial charge in [0.05, 0.1) is 6.07 Å². The zero-order chi connectivity index (χ0) is 14.8. The number of hydrogen-bond donors (Lipinski definition) is 1. The van der Waals surface area contributed by atoms with Gasteiger partial charge in [0.15, 0.2) is 0 Å². The molecule has 0 spiro atoms. The summed E-state index contributed by atoms with van der Waals surface area (Å²) in [6, 6.07) is 10.4. The Morgan fingerprint density at radius 2 is 1.95 bits per heavy atom. The number of aromatic hydroxyl groups is 1. The molecule has 1 unspecified atom stereocenters. The molecule has 110 valence electrons. The first-order chi connectivity index (χ1) is 10.1. The summed E-state index contributed by atoms with van der Waals surface area (Å²) in [6.45, 7) is 0. The molecule has 3 rings (SSSR count). The first-order valence-corrected chi connectivity index (χ1v) is 7.56. The molecular formula is C17H17ClO3. The van der Waals surface area contributed by atoms with Crippen LogP contribution in [0.1, 0.15) is 36.5 Å². The molecular weight excluding hydrogens is 288 g/mol. The van der Waals surface area contributed by atoms with E-state index in [2.05, 4.69) is 0 Å². The molecule has 2 aromatic rings. The smallest absolute Gasteiger partial charge is 0.339 e. The van der Waals surface area contributed by atoms with Crippen molar-refractivity contribution in [2.45, 2.75) is 31.6 Å². The quantitative estimate of drug-likeness (QED) is 0.903. The van der Waals surface area contributed by atoms with Crippen molar-refractivity contribution in [2.75, 3.05) is 0 Å². The van der Waals surface area contributed by atoms with E-state index in [0.717, 1.165) is 24.5 Å². The molecule has 0 bridgehead atoms. The van der Waals surface area contributed by atoms with Crippen molar-refractivity contribution in [1.82, 2.24) is 0 Å². The van der Waals surface area contributed by atoms with E-state index in [0.29, 0.717) is 16.7 Å². The van der Waals surface area contributed by atoms with Gasteiger partial charge in [-0.25, -0.2) is 4.79 Å². The lowest BCUT2D eigenvalue weighted by molar-refractivity contribution is 0.383. The van der Waals surface area contributed by atoms with E-state index >= 15 is 0 Å². The van der Waals surface area contributed by atoms with E-state index in [1.807, 2.05) is 24.3 Å². The summed E-state index contributed by atoms with van der Waals surface area (Å²) in [4.78, 5) is 11.5. The Morgan fingerprint density at radius 1 is 1.24 bits per heavy atom. The average Bonchev–Trinajstić information content (AvgIpc) is 3.23. The van der Waals surface area contributed by atoms with Crippen molar-refractivity contribution >= 4 is 11.6 Å². The second-order valence-corrected chi connectivity index (χ2v) is 6.18. The third-order valence-corrected chi connectivity index (χ3v) is 4.14. The van der Waals surface area contributed by atoms with E-state index in [-0.39, 0.29) is 11.7 Å². The minimum atomic E-state index is -0.498. The van der Waals surface area contributed by atoms with Gasteiger partial charge in [0.2, 0.25) is 0 Å². The fourth-order valence-electron chi connectivity index (χ4n) is 2.65. The molecule has 1 N–H and O–H groups in total. The molecule has 1 aliphatic carbocycles. The number of rotatable bonds is 5. The van der Waals surface area contributed by atoms with Crippen LogP contribution in [0.3, 0.4) is 0 Å². The molecule has 0 amide bonds. The van der Waals surface area contributed by atoms with Gasteiger partial charge in [0.1, 0.15) is 11.5 Å². The Labute approximate surface area is 128 Å². The fraction of sp³-hybridized carbons (Fsp3) is 0.353.